The highest BCUT2D eigenvalue weighted by molar-refractivity contribution is 5.44. The van der Waals surface area contributed by atoms with Crippen LogP contribution in [0.5, 0.6) is 0 Å². The first kappa shape index (κ1) is 12.5. The summed E-state index contributed by atoms with van der Waals surface area (Å²) in [5.74, 6) is 0.758. The highest BCUT2D eigenvalue weighted by Gasteiger charge is 2.28. The number of aromatic nitrogens is 3. The number of hydrogen-bond donors (Lipinski definition) is 1. The maximum Gasteiger partial charge on any atom is 0.243 e. The molecule has 0 spiro atoms. The van der Waals surface area contributed by atoms with Crippen molar-refractivity contribution in [1.29, 1.82) is 0 Å². The van der Waals surface area contributed by atoms with E-state index in [-0.39, 0.29) is 0 Å². The van der Waals surface area contributed by atoms with Gasteiger partial charge in [-0.1, -0.05) is 26.3 Å². The lowest BCUT2D eigenvalue weighted by Gasteiger charge is -2.35. The van der Waals surface area contributed by atoms with Crippen molar-refractivity contribution in [2.24, 2.45) is 5.41 Å². The molecule has 0 amide bonds. The number of pyridine rings is 1. The Balaban J connectivity index is 1.77. The average molecular weight is 258 g/mol. The van der Waals surface area contributed by atoms with E-state index in [9.17, 15) is 0 Å². The third-order valence-corrected chi connectivity index (χ3v) is 4.02. The molecule has 1 N–H and O–H groups in total. The number of aryl methyl sites for hydroxylation is 1. The van der Waals surface area contributed by atoms with Crippen LogP contribution in [0.1, 0.15) is 45.1 Å². The minimum atomic E-state index is 0.436. The van der Waals surface area contributed by atoms with Gasteiger partial charge in [-0.05, 0) is 43.2 Å². The van der Waals surface area contributed by atoms with Crippen molar-refractivity contribution < 1.29 is 0 Å². The van der Waals surface area contributed by atoms with Crippen LogP contribution in [0.25, 0.3) is 5.65 Å². The van der Waals surface area contributed by atoms with Gasteiger partial charge >= 0.3 is 0 Å². The van der Waals surface area contributed by atoms with Crippen molar-refractivity contribution in [2.75, 3.05) is 5.32 Å². The number of rotatable bonds is 2. The molecular weight excluding hydrogens is 236 g/mol. The summed E-state index contributed by atoms with van der Waals surface area (Å²) in [5, 5.41) is 8.01. The summed E-state index contributed by atoms with van der Waals surface area (Å²) < 4.78 is 1.85. The predicted octanol–water partition coefficient (Wildman–Crippen LogP) is 3.42. The van der Waals surface area contributed by atoms with E-state index in [1.54, 1.807) is 0 Å². The molecule has 0 aromatic carbocycles. The molecule has 1 saturated carbocycles. The van der Waals surface area contributed by atoms with Crippen molar-refractivity contribution in [3.05, 3.63) is 23.9 Å². The van der Waals surface area contributed by atoms with E-state index in [1.165, 1.54) is 31.2 Å². The van der Waals surface area contributed by atoms with E-state index in [2.05, 4.69) is 42.2 Å². The Morgan fingerprint density at radius 3 is 3.00 bits per heavy atom. The summed E-state index contributed by atoms with van der Waals surface area (Å²) in [6.07, 6.45) is 7.04. The first-order valence-electron chi connectivity index (χ1n) is 7.11. The molecule has 2 aromatic rings. The van der Waals surface area contributed by atoms with Gasteiger partial charge in [0.2, 0.25) is 5.95 Å². The second kappa shape index (κ2) is 4.51. The molecule has 0 saturated heterocycles. The highest BCUT2D eigenvalue weighted by Crippen LogP contribution is 2.36. The molecule has 1 atom stereocenters. The number of nitrogens with one attached hydrogen (secondary N) is 1. The molecule has 1 aliphatic carbocycles. The number of fused-ring (bicyclic) bond motifs is 1. The molecule has 102 valence electrons. The molecule has 3 rings (SSSR count). The zero-order valence-electron chi connectivity index (χ0n) is 12.0. The van der Waals surface area contributed by atoms with Crippen molar-refractivity contribution in [3.8, 4) is 0 Å². The molecule has 0 radical (unpaired) electrons. The van der Waals surface area contributed by atoms with Gasteiger partial charge in [0.1, 0.15) is 0 Å². The first-order valence-corrected chi connectivity index (χ1v) is 7.11. The van der Waals surface area contributed by atoms with Crippen molar-refractivity contribution in [3.63, 3.8) is 0 Å². The number of nitrogens with zero attached hydrogens (tertiary/aromatic N) is 3. The van der Waals surface area contributed by atoms with Crippen molar-refractivity contribution >= 4 is 11.6 Å². The fourth-order valence-electron chi connectivity index (χ4n) is 3.05. The second-order valence-corrected chi connectivity index (χ2v) is 6.55. The quantitative estimate of drug-likeness (QED) is 0.897. The summed E-state index contributed by atoms with van der Waals surface area (Å²) in [5.41, 5.74) is 2.54. The van der Waals surface area contributed by atoms with E-state index in [4.69, 9.17) is 0 Å². The van der Waals surface area contributed by atoms with Gasteiger partial charge in [0, 0.05) is 12.2 Å². The maximum absolute atomic E-state index is 4.54. The molecule has 1 aliphatic rings. The summed E-state index contributed by atoms with van der Waals surface area (Å²) in [4.78, 5) is 4.54. The van der Waals surface area contributed by atoms with Gasteiger partial charge in [0.25, 0.3) is 0 Å². The standard InChI is InChI=1S/C15H22N4/c1-11-6-7-13-17-14(18-19(13)10-11)16-12-5-4-8-15(2,3)9-12/h6-7,10,12H,4-5,8-9H2,1-3H3,(H,16,18). The Hall–Kier alpha value is -1.58. The molecular formula is C15H22N4. The van der Waals surface area contributed by atoms with Crippen molar-refractivity contribution in [1.82, 2.24) is 14.6 Å². The largest absolute Gasteiger partial charge is 0.350 e. The van der Waals surface area contributed by atoms with Crippen molar-refractivity contribution in [2.45, 2.75) is 52.5 Å². The summed E-state index contributed by atoms with van der Waals surface area (Å²) in [6, 6.07) is 4.58. The molecule has 2 heterocycles. The monoisotopic (exact) mass is 258 g/mol. The first-order chi connectivity index (χ1) is 9.02. The van der Waals surface area contributed by atoms with Crippen LogP contribution in [-0.4, -0.2) is 20.6 Å². The maximum atomic E-state index is 4.54. The summed E-state index contributed by atoms with van der Waals surface area (Å²) in [6.45, 7) is 6.76. The molecule has 19 heavy (non-hydrogen) atoms. The van der Waals surface area contributed by atoms with E-state index in [0.29, 0.717) is 11.5 Å². The van der Waals surface area contributed by atoms with E-state index < -0.39 is 0 Å². The van der Waals surface area contributed by atoms with Crippen LogP contribution >= 0.6 is 0 Å². The fourth-order valence-corrected chi connectivity index (χ4v) is 3.05. The van der Waals surface area contributed by atoms with Crippen LogP contribution < -0.4 is 5.32 Å². The van der Waals surface area contributed by atoms with Gasteiger partial charge in [-0.3, -0.25) is 0 Å². The lowest BCUT2D eigenvalue weighted by atomic mass is 9.75. The lowest BCUT2D eigenvalue weighted by molar-refractivity contribution is 0.229. The van der Waals surface area contributed by atoms with Crippen LogP contribution in [0.15, 0.2) is 18.3 Å². The zero-order valence-corrected chi connectivity index (χ0v) is 12.0. The SMILES string of the molecule is Cc1ccc2nc(NC3CCCC(C)(C)C3)nn2c1. The van der Waals surface area contributed by atoms with Gasteiger partial charge in [-0.15, -0.1) is 5.10 Å². The van der Waals surface area contributed by atoms with Crippen LogP contribution in [0.2, 0.25) is 0 Å². The number of anilines is 1. The molecule has 0 aliphatic heterocycles. The van der Waals surface area contributed by atoms with E-state index in [0.717, 1.165) is 11.6 Å². The minimum absolute atomic E-state index is 0.436. The molecule has 2 aromatic heterocycles. The van der Waals surface area contributed by atoms with Gasteiger partial charge in [-0.2, -0.15) is 4.98 Å². The van der Waals surface area contributed by atoms with Gasteiger partial charge in [0.15, 0.2) is 5.65 Å². The van der Waals surface area contributed by atoms with Crippen LogP contribution in [0, 0.1) is 12.3 Å². The third-order valence-electron chi connectivity index (χ3n) is 4.02. The lowest BCUT2D eigenvalue weighted by Crippen LogP contribution is -2.32. The van der Waals surface area contributed by atoms with Gasteiger partial charge in [-0.25, -0.2) is 4.52 Å². The van der Waals surface area contributed by atoms with Crippen LogP contribution in [-0.2, 0) is 0 Å². The minimum Gasteiger partial charge on any atom is -0.350 e. The molecule has 4 nitrogen and oxygen atoms in total. The second-order valence-electron chi connectivity index (χ2n) is 6.55. The average Bonchev–Trinajstić information content (AvgIpc) is 2.68. The molecule has 0 bridgehead atoms. The Labute approximate surface area is 114 Å². The fraction of sp³-hybridized carbons (Fsp3) is 0.600. The Kier molecular flexibility index (Phi) is 2.96. The van der Waals surface area contributed by atoms with Crippen LogP contribution in [0.3, 0.4) is 0 Å². The molecule has 1 fully saturated rings. The Morgan fingerprint density at radius 1 is 1.37 bits per heavy atom. The van der Waals surface area contributed by atoms with E-state index >= 15 is 0 Å². The Bertz CT molecular complexity index is 585. The van der Waals surface area contributed by atoms with Crippen LogP contribution in [0.4, 0.5) is 5.95 Å². The summed E-state index contributed by atoms with van der Waals surface area (Å²) >= 11 is 0. The molecule has 1 unspecified atom stereocenters. The van der Waals surface area contributed by atoms with Gasteiger partial charge < -0.3 is 5.32 Å². The normalized spacial score (nSPS) is 22.6. The Morgan fingerprint density at radius 2 is 2.21 bits per heavy atom. The highest BCUT2D eigenvalue weighted by atomic mass is 15.3. The topological polar surface area (TPSA) is 42.2 Å². The predicted molar refractivity (Wildman–Crippen MR) is 77.4 cm³/mol. The number of hydrogen-bond acceptors (Lipinski definition) is 3. The van der Waals surface area contributed by atoms with E-state index in [1.807, 2.05) is 16.8 Å². The zero-order chi connectivity index (χ0) is 13.5. The van der Waals surface area contributed by atoms with Gasteiger partial charge in [0.05, 0.1) is 0 Å². The molecule has 4 heteroatoms. The summed E-state index contributed by atoms with van der Waals surface area (Å²) in [7, 11) is 0. The third kappa shape index (κ3) is 2.72. The smallest absolute Gasteiger partial charge is 0.243 e.